The lowest BCUT2D eigenvalue weighted by atomic mass is 9.99. The fourth-order valence-electron chi connectivity index (χ4n) is 3.28. The summed E-state index contributed by atoms with van der Waals surface area (Å²) in [5.41, 5.74) is 1.99. The van der Waals surface area contributed by atoms with Crippen LogP contribution in [0, 0.1) is 12.8 Å². The van der Waals surface area contributed by atoms with Crippen molar-refractivity contribution in [3.8, 4) is 11.5 Å². The maximum atomic E-state index is 9.73. The number of benzene rings is 1. The predicted octanol–water partition coefficient (Wildman–Crippen LogP) is 6.90. The zero-order valence-electron chi connectivity index (χ0n) is 16.1. The molecule has 0 atom stereocenters. The third kappa shape index (κ3) is 9.20. The highest BCUT2D eigenvalue weighted by atomic mass is 16.3. The Hall–Kier alpha value is -1.18. The van der Waals surface area contributed by atoms with Gasteiger partial charge in [0.1, 0.15) is 11.5 Å². The highest BCUT2D eigenvalue weighted by Gasteiger charge is 2.05. The van der Waals surface area contributed by atoms with Crippen LogP contribution in [0.25, 0.3) is 0 Å². The van der Waals surface area contributed by atoms with Crippen LogP contribution < -0.4 is 0 Å². The number of aromatic hydroxyl groups is 2. The molecule has 1 rings (SSSR count). The highest BCUT2D eigenvalue weighted by molar-refractivity contribution is 5.44. The Balaban J connectivity index is 1.96. The van der Waals surface area contributed by atoms with Crippen molar-refractivity contribution < 1.29 is 10.2 Å². The molecule has 0 spiro atoms. The third-order valence-electron chi connectivity index (χ3n) is 4.95. The van der Waals surface area contributed by atoms with Gasteiger partial charge in [0.15, 0.2) is 0 Å². The lowest BCUT2D eigenvalue weighted by molar-refractivity contribution is 0.446. The monoisotopic (exact) mass is 334 g/mol. The molecule has 0 aliphatic carbocycles. The van der Waals surface area contributed by atoms with E-state index in [2.05, 4.69) is 13.8 Å². The number of hydrogen-bond donors (Lipinski definition) is 2. The summed E-state index contributed by atoms with van der Waals surface area (Å²) >= 11 is 0. The smallest absolute Gasteiger partial charge is 0.122 e. The second-order valence-corrected chi connectivity index (χ2v) is 7.72. The van der Waals surface area contributed by atoms with Crippen molar-refractivity contribution in [2.45, 2.75) is 97.8 Å². The van der Waals surface area contributed by atoms with Gasteiger partial charge >= 0.3 is 0 Å². The molecule has 1 aromatic carbocycles. The summed E-state index contributed by atoms with van der Waals surface area (Å²) in [6.45, 7) is 6.54. The number of hydrogen-bond acceptors (Lipinski definition) is 2. The van der Waals surface area contributed by atoms with E-state index in [9.17, 15) is 10.2 Å². The van der Waals surface area contributed by atoms with Crippen LogP contribution >= 0.6 is 0 Å². The third-order valence-corrected chi connectivity index (χ3v) is 4.95. The Bertz CT molecular complexity index is 452. The van der Waals surface area contributed by atoms with Crippen LogP contribution in [-0.2, 0) is 6.42 Å². The molecule has 0 amide bonds. The largest absolute Gasteiger partial charge is 0.508 e. The molecule has 2 heteroatoms. The van der Waals surface area contributed by atoms with E-state index in [1.54, 1.807) is 6.07 Å². The summed E-state index contributed by atoms with van der Waals surface area (Å²) in [5, 5.41) is 19.3. The molecule has 0 unspecified atom stereocenters. The Morgan fingerprint density at radius 2 is 1.25 bits per heavy atom. The molecule has 0 saturated heterocycles. The van der Waals surface area contributed by atoms with Gasteiger partial charge < -0.3 is 10.2 Å². The standard InChI is InChI=1S/C22H38O2/c1-18(2)14-12-10-8-6-4-5-7-9-11-13-15-20-16-21(23)17-22(24)19(20)3/h16-18,23-24H,4-15H2,1-3H3. The van der Waals surface area contributed by atoms with E-state index in [0.717, 1.165) is 29.9 Å². The van der Waals surface area contributed by atoms with Crippen molar-refractivity contribution in [2.75, 3.05) is 0 Å². The Morgan fingerprint density at radius 1 is 0.750 bits per heavy atom. The summed E-state index contributed by atoms with van der Waals surface area (Å²) in [7, 11) is 0. The van der Waals surface area contributed by atoms with Crippen molar-refractivity contribution in [1.82, 2.24) is 0 Å². The van der Waals surface area contributed by atoms with E-state index in [1.807, 2.05) is 6.92 Å². The average Bonchev–Trinajstić information content (AvgIpc) is 2.52. The van der Waals surface area contributed by atoms with Crippen LogP contribution in [-0.4, -0.2) is 10.2 Å². The van der Waals surface area contributed by atoms with E-state index in [-0.39, 0.29) is 11.5 Å². The molecule has 2 N–H and O–H groups in total. The van der Waals surface area contributed by atoms with E-state index in [0.29, 0.717) is 0 Å². The van der Waals surface area contributed by atoms with Gasteiger partial charge in [0.05, 0.1) is 0 Å². The first-order valence-corrected chi connectivity index (χ1v) is 10.0. The molecule has 2 nitrogen and oxygen atoms in total. The maximum Gasteiger partial charge on any atom is 0.122 e. The molecule has 0 bridgehead atoms. The first-order chi connectivity index (χ1) is 11.5. The van der Waals surface area contributed by atoms with Gasteiger partial charge in [-0.3, -0.25) is 0 Å². The molecule has 138 valence electrons. The van der Waals surface area contributed by atoms with E-state index >= 15 is 0 Å². The molecular formula is C22H38O2. The predicted molar refractivity (Wildman–Crippen MR) is 104 cm³/mol. The molecule has 0 heterocycles. The number of phenols is 2. The zero-order chi connectivity index (χ0) is 17.8. The van der Waals surface area contributed by atoms with Gasteiger partial charge in [-0.05, 0) is 42.9 Å². The first kappa shape index (κ1) is 20.9. The molecule has 0 fully saturated rings. The lowest BCUT2D eigenvalue weighted by Gasteiger charge is -2.08. The van der Waals surface area contributed by atoms with Crippen LogP contribution in [0.2, 0.25) is 0 Å². The van der Waals surface area contributed by atoms with Gasteiger partial charge in [-0.2, -0.15) is 0 Å². The second-order valence-electron chi connectivity index (χ2n) is 7.72. The van der Waals surface area contributed by atoms with Crippen molar-refractivity contribution in [3.63, 3.8) is 0 Å². The topological polar surface area (TPSA) is 40.5 Å². The molecule has 0 aliphatic rings. The average molecular weight is 335 g/mol. The fourth-order valence-corrected chi connectivity index (χ4v) is 3.28. The highest BCUT2D eigenvalue weighted by Crippen LogP contribution is 2.27. The first-order valence-electron chi connectivity index (χ1n) is 10.0. The van der Waals surface area contributed by atoms with Gasteiger partial charge in [-0.1, -0.05) is 78.1 Å². The van der Waals surface area contributed by atoms with Crippen LogP contribution in [0.15, 0.2) is 12.1 Å². The van der Waals surface area contributed by atoms with Gasteiger partial charge in [0.25, 0.3) is 0 Å². The molecule has 0 saturated carbocycles. The van der Waals surface area contributed by atoms with Crippen molar-refractivity contribution >= 4 is 0 Å². The van der Waals surface area contributed by atoms with Gasteiger partial charge in [-0.15, -0.1) is 0 Å². The maximum absolute atomic E-state index is 9.73. The fraction of sp³-hybridized carbons (Fsp3) is 0.727. The van der Waals surface area contributed by atoms with Gasteiger partial charge in [0, 0.05) is 6.07 Å². The molecule has 1 aromatic rings. The molecule has 24 heavy (non-hydrogen) atoms. The normalized spacial score (nSPS) is 11.3. The van der Waals surface area contributed by atoms with Crippen LogP contribution in [0.3, 0.4) is 0 Å². The zero-order valence-corrected chi connectivity index (χ0v) is 16.1. The number of phenolic OH excluding ortho intramolecular Hbond substituents is 2. The van der Waals surface area contributed by atoms with Gasteiger partial charge in [0.2, 0.25) is 0 Å². The minimum atomic E-state index is 0.168. The minimum absolute atomic E-state index is 0.168. The van der Waals surface area contributed by atoms with E-state index < -0.39 is 0 Å². The Morgan fingerprint density at radius 3 is 1.79 bits per heavy atom. The quantitative estimate of drug-likeness (QED) is 0.385. The van der Waals surface area contributed by atoms with Crippen molar-refractivity contribution in [2.24, 2.45) is 5.92 Å². The Labute approximate surface area is 149 Å². The molecule has 0 radical (unpaired) electrons. The lowest BCUT2D eigenvalue weighted by Crippen LogP contribution is -1.91. The molecular weight excluding hydrogens is 296 g/mol. The van der Waals surface area contributed by atoms with Crippen molar-refractivity contribution in [3.05, 3.63) is 23.3 Å². The summed E-state index contributed by atoms with van der Waals surface area (Å²) in [5.74, 6) is 1.23. The summed E-state index contributed by atoms with van der Waals surface area (Å²) in [6, 6.07) is 3.20. The SMILES string of the molecule is Cc1c(O)cc(O)cc1CCCCCCCCCCCCC(C)C. The number of rotatable bonds is 13. The van der Waals surface area contributed by atoms with Crippen molar-refractivity contribution in [1.29, 1.82) is 0 Å². The van der Waals surface area contributed by atoms with Crippen LogP contribution in [0.1, 0.15) is 95.6 Å². The summed E-state index contributed by atoms with van der Waals surface area (Å²) in [4.78, 5) is 0. The van der Waals surface area contributed by atoms with Crippen LogP contribution in [0.5, 0.6) is 11.5 Å². The number of unbranched alkanes of at least 4 members (excludes halogenated alkanes) is 9. The van der Waals surface area contributed by atoms with Gasteiger partial charge in [-0.25, -0.2) is 0 Å². The second kappa shape index (κ2) is 12.2. The van der Waals surface area contributed by atoms with E-state index in [1.165, 1.54) is 70.3 Å². The minimum Gasteiger partial charge on any atom is -0.508 e. The Kier molecular flexibility index (Phi) is 10.6. The summed E-state index contributed by atoms with van der Waals surface area (Å²) < 4.78 is 0. The summed E-state index contributed by atoms with van der Waals surface area (Å²) in [6.07, 6.45) is 15.7. The molecule has 0 aromatic heterocycles. The number of aryl methyl sites for hydroxylation is 1. The van der Waals surface area contributed by atoms with Crippen LogP contribution in [0.4, 0.5) is 0 Å². The van der Waals surface area contributed by atoms with E-state index in [4.69, 9.17) is 0 Å². The molecule has 0 aliphatic heterocycles.